The Kier molecular flexibility index (Phi) is 5.97. The quantitative estimate of drug-likeness (QED) is 0.610. The van der Waals surface area contributed by atoms with E-state index in [-0.39, 0.29) is 11.8 Å². The van der Waals surface area contributed by atoms with E-state index >= 15 is 0 Å². The van der Waals surface area contributed by atoms with Gasteiger partial charge in [-0.1, -0.05) is 17.3 Å². The van der Waals surface area contributed by atoms with Gasteiger partial charge in [-0.05, 0) is 56.2 Å². The predicted molar refractivity (Wildman–Crippen MR) is 112 cm³/mol. The fourth-order valence-corrected chi connectivity index (χ4v) is 3.68. The lowest BCUT2D eigenvalue weighted by atomic mass is 9.96. The standard InChI is InChI=1S/C23H25N3O4/c1-3-29-20-7-5-4-6-19(20)23(27)26-14-12-17(13-15-26)22-24-21(25-30-22)16-8-10-18(28-2)11-9-16/h4-11,17H,3,12-15H2,1-2H3. The van der Waals surface area contributed by atoms with Crippen molar-refractivity contribution in [2.75, 3.05) is 26.8 Å². The summed E-state index contributed by atoms with van der Waals surface area (Å²) in [5.74, 6) is 2.76. The number of carbonyl (C=O) groups is 1. The molecule has 0 atom stereocenters. The molecular weight excluding hydrogens is 382 g/mol. The van der Waals surface area contributed by atoms with Gasteiger partial charge in [0.2, 0.25) is 11.7 Å². The van der Waals surface area contributed by atoms with Crippen LogP contribution in [0.1, 0.15) is 41.9 Å². The molecular formula is C23H25N3O4. The van der Waals surface area contributed by atoms with Crippen molar-refractivity contribution >= 4 is 5.91 Å². The molecule has 30 heavy (non-hydrogen) atoms. The van der Waals surface area contributed by atoms with Crippen LogP contribution in [0.2, 0.25) is 0 Å². The number of nitrogens with zero attached hydrogens (tertiary/aromatic N) is 3. The van der Waals surface area contributed by atoms with Crippen molar-refractivity contribution in [3.8, 4) is 22.9 Å². The summed E-state index contributed by atoms with van der Waals surface area (Å²) >= 11 is 0. The van der Waals surface area contributed by atoms with Crippen molar-refractivity contribution in [1.82, 2.24) is 15.0 Å². The highest BCUT2D eigenvalue weighted by Crippen LogP contribution is 2.30. The van der Waals surface area contributed by atoms with Crippen molar-refractivity contribution in [3.63, 3.8) is 0 Å². The van der Waals surface area contributed by atoms with E-state index in [1.54, 1.807) is 7.11 Å². The van der Waals surface area contributed by atoms with Gasteiger partial charge >= 0.3 is 0 Å². The van der Waals surface area contributed by atoms with Crippen molar-refractivity contribution in [2.45, 2.75) is 25.7 Å². The van der Waals surface area contributed by atoms with Gasteiger partial charge < -0.3 is 18.9 Å². The van der Waals surface area contributed by atoms with Crippen LogP contribution in [0.25, 0.3) is 11.4 Å². The number of piperidine rings is 1. The largest absolute Gasteiger partial charge is 0.497 e. The zero-order chi connectivity index (χ0) is 20.9. The minimum absolute atomic E-state index is 0.00181. The Balaban J connectivity index is 1.40. The third kappa shape index (κ3) is 4.15. The second-order valence-corrected chi connectivity index (χ2v) is 7.18. The molecule has 7 heteroatoms. The summed E-state index contributed by atoms with van der Waals surface area (Å²) in [6.45, 7) is 3.73. The van der Waals surface area contributed by atoms with Crippen molar-refractivity contribution in [2.24, 2.45) is 0 Å². The Morgan fingerprint density at radius 2 is 1.87 bits per heavy atom. The minimum Gasteiger partial charge on any atom is -0.497 e. The van der Waals surface area contributed by atoms with E-state index in [1.807, 2.05) is 60.4 Å². The average Bonchev–Trinajstić information content (AvgIpc) is 3.30. The smallest absolute Gasteiger partial charge is 0.257 e. The van der Waals surface area contributed by atoms with Gasteiger partial charge in [-0.25, -0.2) is 0 Å². The summed E-state index contributed by atoms with van der Waals surface area (Å²) in [6, 6.07) is 15.0. The highest BCUT2D eigenvalue weighted by Gasteiger charge is 2.29. The Morgan fingerprint density at radius 1 is 1.13 bits per heavy atom. The first-order chi connectivity index (χ1) is 14.7. The number of rotatable bonds is 6. The minimum atomic E-state index is 0.00181. The summed E-state index contributed by atoms with van der Waals surface area (Å²) in [4.78, 5) is 19.4. The Hall–Kier alpha value is -3.35. The van der Waals surface area contributed by atoms with E-state index in [0.717, 1.165) is 24.2 Å². The van der Waals surface area contributed by atoms with Gasteiger partial charge in [-0.2, -0.15) is 4.98 Å². The van der Waals surface area contributed by atoms with Crippen LogP contribution in [0.15, 0.2) is 53.1 Å². The molecule has 2 heterocycles. The lowest BCUT2D eigenvalue weighted by molar-refractivity contribution is 0.0700. The topological polar surface area (TPSA) is 77.7 Å². The zero-order valence-electron chi connectivity index (χ0n) is 17.2. The van der Waals surface area contributed by atoms with E-state index in [2.05, 4.69) is 10.1 Å². The number of carbonyl (C=O) groups excluding carboxylic acids is 1. The lowest BCUT2D eigenvalue weighted by Crippen LogP contribution is -2.38. The number of ether oxygens (including phenoxy) is 2. The van der Waals surface area contributed by atoms with Crippen LogP contribution >= 0.6 is 0 Å². The molecule has 1 aliphatic rings. The average molecular weight is 407 g/mol. The van der Waals surface area contributed by atoms with E-state index in [0.29, 0.717) is 42.7 Å². The molecule has 0 N–H and O–H groups in total. The maximum Gasteiger partial charge on any atom is 0.257 e. The first-order valence-electron chi connectivity index (χ1n) is 10.2. The van der Waals surface area contributed by atoms with Gasteiger partial charge in [-0.3, -0.25) is 4.79 Å². The van der Waals surface area contributed by atoms with E-state index in [4.69, 9.17) is 14.0 Å². The van der Waals surface area contributed by atoms with Gasteiger partial charge in [0.25, 0.3) is 5.91 Å². The first kappa shape index (κ1) is 19.9. The number of hydrogen-bond acceptors (Lipinski definition) is 6. The summed E-state index contributed by atoms with van der Waals surface area (Å²) in [7, 11) is 1.63. The fraction of sp³-hybridized carbons (Fsp3) is 0.348. The van der Waals surface area contributed by atoms with Crippen LogP contribution in [0.5, 0.6) is 11.5 Å². The molecule has 1 amide bonds. The summed E-state index contributed by atoms with van der Waals surface area (Å²) in [5.41, 5.74) is 1.49. The molecule has 0 spiro atoms. The monoisotopic (exact) mass is 407 g/mol. The van der Waals surface area contributed by atoms with E-state index in [9.17, 15) is 4.79 Å². The molecule has 2 aromatic carbocycles. The maximum absolute atomic E-state index is 13.0. The zero-order valence-corrected chi connectivity index (χ0v) is 17.2. The Labute approximate surface area is 175 Å². The SMILES string of the molecule is CCOc1ccccc1C(=O)N1CCC(c2nc(-c3ccc(OC)cc3)no2)CC1. The first-order valence-corrected chi connectivity index (χ1v) is 10.2. The number of para-hydroxylation sites is 1. The van der Waals surface area contributed by atoms with Crippen molar-refractivity contribution in [3.05, 3.63) is 60.0 Å². The number of benzene rings is 2. The van der Waals surface area contributed by atoms with E-state index in [1.165, 1.54) is 0 Å². The van der Waals surface area contributed by atoms with Gasteiger partial charge in [0, 0.05) is 24.6 Å². The van der Waals surface area contributed by atoms with Gasteiger partial charge in [0.05, 0.1) is 19.3 Å². The second-order valence-electron chi connectivity index (χ2n) is 7.18. The number of likely N-dealkylation sites (tertiary alicyclic amines) is 1. The van der Waals surface area contributed by atoms with Crippen LogP contribution in [0.4, 0.5) is 0 Å². The van der Waals surface area contributed by atoms with E-state index < -0.39 is 0 Å². The van der Waals surface area contributed by atoms with Crippen LogP contribution < -0.4 is 9.47 Å². The van der Waals surface area contributed by atoms with Crippen molar-refractivity contribution < 1.29 is 18.8 Å². The second kappa shape index (κ2) is 8.98. The van der Waals surface area contributed by atoms with Crippen molar-refractivity contribution in [1.29, 1.82) is 0 Å². The molecule has 0 saturated carbocycles. The summed E-state index contributed by atoms with van der Waals surface area (Å²) in [5, 5.41) is 4.13. The number of amides is 1. The molecule has 1 aliphatic heterocycles. The fourth-order valence-electron chi connectivity index (χ4n) is 3.68. The summed E-state index contributed by atoms with van der Waals surface area (Å²) in [6.07, 6.45) is 1.57. The predicted octanol–water partition coefficient (Wildman–Crippen LogP) is 4.16. The third-order valence-corrected chi connectivity index (χ3v) is 5.34. The highest BCUT2D eigenvalue weighted by molar-refractivity contribution is 5.97. The van der Waals surface area contributed by atoms with Gasteiger partial charge in [-0.15, -0.1) is 0 Å². The number of aromatic nitrogens is 2. The van der Waals surface area contributed by atoms with Crippen LogP contribution in [-0.2, 0) is 0 Å². The molecule has 1 fully saturated rings. The molecule has 0 aliphatic carbocycles. The highest BCUT2D eigenvalue weighted by atomic mass is 16.5. The van der Waals surface area contributed by atoms with Crippen LogP contribution in [0, 0.1) is 0 Å². The molecule has 3 aromatic rings. The molecule has 7 nitrogen and oxygen atoms in total. The summed E-state index contributed by atoms with van der Waals surface area (Å²) < 4.78 is 16.3. The molecule has 0 radical (unpaired) electrons. The Morgan fingerprint density at radius 3 is 2.57 bits per heavy atom. The number of hydrogen-bond donors (Lipinski definition) is 0. The lowest BCUT2D eigenvalue weighted by Gasteiger charge is -2.30. The van der Waals surface area contributed by atoms with Gasteiger partial charge in [0.1, 0.15) is 11.5 Å². The molecule has 156 valence electrons. The van der Waals surface area contributed by atoms with Crippen LogP contribution in [-0.4, -0.2) is 47.8 Å². The van der Waals surface area contributed by atoms with Crippen LogP contribution in [0.3, 0.4) is 0 Å². The molecule has 0 bridgehead atoms. The normalized spacial score (nSPS) is 14.5. The maximum atomic E-state index is 13.0. The molecule has 0 unspecified atom stereocenters. The third-order valence-electron chi connectivity index (χ3n) is 5.34. The molecule has 1 aromatic heterocycles. The molecule has 4 rings (SSSR count). The Bertz CT molecular complexity index is 992. The molecule has 1 saturated heterocycles. The number of methoxy groups -OCH3 is 1. The van der Waals surface area contributed by atoms with Gasteiger partial charge in [0.15, 0.2) is 0 Å².